The number of hydrogen-bond acceptors (Lipinski definition) is 8. The number of nitrogens with two attached hydrogens (primary N) is 1. The van der Waals surface area contributed by atoms with Crippen LogP contribution in [0.25, 0.3) is 22.9 Å². The molecule has 2 aromatic carbocycles. The lowest BCUT2D eigenvalue weighted by Gasteiger charge is -2.07. The van der Waals surface area contributed by atoms with Crippen LogP contribution in [0.3, 0.4) is 0 Å². The molecular formula is C27H21N9. The van der Waals surface area contributed by atoms with E-state index in [-0.39, 0.29) is 23.3 Å². The molecule has 0 saturated heterocycles. The number of anilines is 3. The van der Waals surface area contributed by atoms with E-state index in [9.17, 15) is 5.26 Å². The smallest absolute Gasteiger partial charge is 0.232 e. The number of aromatic nitrogens is 6. The molecule has 0 unspecified atom stereocenters. The predicted molar refractivity (Wildman–Crippen MR) is 138 cm³/mol. The molecule has 3 N–H and O–H groups in total. The molecule has 5 rings (SSSR count). The van der Waals surface area contributed by atoms with E-state index < -0.39 is 0 Å². The number of nitriles is 1. The first-order chi connectivity index (χ1) is 17.7. The number of pyridine rings is 1. The van der Waals surface area contributed by atoms with E-state index in [2.05, 4.69) is 31.3 Å². The van der Waals surface area contributed by atoms with Crippen molar-refractivity contribution in [2.45, 2.75) is 6.54 Å². The van der Waals surface area contributed by atoms with E-state index in [1.807, 2.05) is 83.7 Å². The van der Waals surface area contributed by atoms with Gasteiger partial charge in [0.1, 0.15) is 11.8 Å². The van der Waals surface area contributed by atoms with Crippen LogP contribution in [-0.4, -0.2) is 29.7 Å². The molecule has 174 valence electrons. The maximum Gasteiger partial charge on any atom is 0.232 e. The zero-order valence-corrected chi connectivity index (χ0v) is 19.2. The van der Waals surface area contributed by atoms with Gasteiger partial charge in [0.25, 0.3) is 0 Å². The van der Waals surface area contributed by atoms with E-state index >= 15 is 0 Å². The lowest BCUT2D eigenvalue weighted by atomic mass is 10.1. The van der Waals surface area contributed by atoms with Crippen LogP contribution in [0.5, 0.6) is 0 Å². The van der Waals surface area contributed by atoms with Gasteiger partial charge in [-0.05, 0) is 35.9 Å². The van der Waals surface area contributed by atoms with Gasteiger partial charge in [0.05, 0.1) is 12.1 Å². The van der Waals surface area contributed by atoms with Crippen LogP contribution in [0, 0.1) is 11.3 Å². The van der Waals surface area contributed by atoms with Crippen molar-refractivity contribution in [1.82, 2.24) is 29.7 Å². The van der Waals surface area contributed by atoms with Gasteiger partial charge in [-0.1, -0.05) is 48.5 Å². The first-order valence-corrected chi connectivity index (χ1v) is 11.2. The lowest BCUT2D eigenvalue weighted by molar-refractivity contribution is 0.689. The standard InChI is InChI=1S/C27H21N9/c28-15-21(25-32-26(29)34-27(33-25)31-23-11-5-2-6-12-23)14-22-18-36(17-19-8-3-1-4-9-19)35-24(22)20-10-7-13-30-16-20/h1-14,16,18H,17H2,(H3,29,31,32,33,34)/b21-14+. The number of benzene rings is 2. The molecule has 0 saturated carbocycles. The summed E-state index contributed by atoms with van der Waals surface area (Å²) in [6.45, 7) is 0.577. The minimum Gasteiger partial charge on any atom is -0.368 e. The van der Waals surface area contributed by atoms with Crippen LogP contribution >= 0.6 is 0 Å². The van der Waals surface area contributed by atoms with Crippen LogP contribution < -0.4 is 11.1 Å². The highest BCUT2D eigenvalue weighted by Crippen LogP contribution is 2.26. The Hall–Kier alpha value is -5.36. The first-order valence-electron chi connectivity index (χ1n) is 11.2. The third-order valence-electron chi connectivity index (χ3n) is 5.26. The zero-order valence-electron chi connectivity index (χ0n) is 19.2. The Morgan fingerprint density at radius 2 is 1.75 bits per heavy atom. The van der Waals surface area contributed by atoms with Gasteiger partial charge in [0.15, 0.2) is 5.82 Å². The van der Waals surface area contributed by atoms with Crippen LogP contribution in [-0.2, 0) is 6.54 Å². The fourth-order valence-corrected chi connectivity index (χ4v) is 3.64. The summed E-state index contributed by atoms with van der Waals surface area (Å²) in [5, 5.41) is 17.9. The molecule has 0 amide bonds. The van der Waals surface area contributed by atoms with Gasteiger partial charge in [-0.3, -0.25) is 9.67 Å². The van der Waals surface area contributed by atoms with Crippen molar-refractivity contribution in [1.29, 1.82) is 5.26 Å². The van der Waals surface area contributed by atoms with Crippen molar-refractivity contribution in [2.75, 3.05) is 11.1 Å². The maximum atomic E-state index is 10.00. The van der Waals surface area contributed by atoms with Crippen molar-refractivity contribution in [3.8, 4) is 17.3 Å². The largest absolute Gasteiger partial charge is 0.368 e. The first kappa shape index (κ1) is 22.4. The van der Waals surface area contributed by atoms with E-state index in [1.54, 1.807) is 18.5 Å². The maximum absolute atomic E-state index is 10.00. The Bertz CT molecular complexity index is 1540. The number of nitrogens with one attached hydrogen (secondary N) is 1. The molecule has 3 heterocycles. The van der Waals surface area contributed by atoms with Crippen molar-refractivity contribution in [3.63, 3.8) is 0 Å². The average molecular weight is 472 g/mol. The molecule has 0 aliphatic rings. The molecule has 9 nitrogen and oxygen atoms in total. The number of hydrogen-bond donors (Lipinski definition) is 2. The summed E-state index contributed by atoms with van der Waals surface area (Å²) in [5.41, 5.74) is 10.3. The third kappa shape index (κ3) is 5.24. The molecule has 0 aliphatic carbocycles. The molecule has 0 spiro atoms. The van der Waals surface area contributed by atoms with Crippen molar-refractivity contribution < 1.29 is 0 Å². The lowest BCUT2D eigenvalue weighted by Crippen LogP contribution is -2.06. The molecule has 0 fully saturated rings. The molecule has 0 atom stereocenters. The molecule has 5 aromatic rings. The van der Waals surface area contributed by atoms with Crippen LogP contribution in [0.15, 0.2) is 91.4 Å². The van der Waals surface area contributed by atoms with Crippen LogP contribution in [0.4, 0.5) is 17.6 Å². The van der Waals surface area contributed by atoms with Crippen molar-refractivity contribution in [3.05, 3.63) is 108 Å². The third-order valence-corrected chi connectivity index (χ3v) is 5.26. The van der Waals surface area contributed by atoms with Crippen molar-refractivity contribution in [2.24, 2.45) is 0 Å². The predicted octanol–water partition coefficient (Wildman–Crippen LogP) is 4.57. The molecule has 0 radical (unpaired) electrons. The second kappa shape index (κ2) is 10.3. The van der Waals surface area contributed by atoms with Gasteiger partial charge in [-0.25, -0.2) is 0 Å². The quantitative estimate of drug-likeness (QED) is 0.330. The van der Waals surface area contributed by atoms with Crippen LogP contribution in [0.2, 0.25) is 0 Å². The normalized spacial score (nSPS) is 11.1. The summed E-state index contributed by atoms with van der Waals surface area (Å²) in [6, 6.07) is 25.4. The van der Waals surface area contributed by atoms with Gasteiger partial charge < -0.3 is 11.1 Å². The molecule has 36 heavy (non-hydrogen) atoms. The van der Waals surface area contributed by atoms with Gasteiger partial charge in [-0.2, -0.15) is 25.3 Å². The summed E-state index contributed by atoms with van der Waals surface area (Å²) in [4.78, 5) is 17.0. The van der Waals surface area contributed by atoms with Gasteiger partial charge in [0, 0.05) is 35.4 Å². The Labute approximate surface area is 207 Å². The molecule has 0 bridgehead atoms. The highest BCUT2D eigenvalue weighted by molar-refractivity contribution is 5.90. The minimum atomic E-state index is 0.00633. The number of allylic oxidation sites excluding steroid dienone is 1. The Morgan fingerprint density at radius 3 is 2.47 bits per heavy atom. The monoisotopic (exact) mass is 471 g/mol. The van der Waals surface area contributed by atoms with E-state index in [1.165, 1.54) is 0 Å². The Morgan fingerprint density at radius 1 is 0.972 bits per heavy atom. The number of nitrogen functional groups attached to an aromatic ring is 1. The van der Waals surface area contributed by atoms with Gasteiger partial charge >= 0.3 is 0 Å². The highest BCUT2D eigenvalue weighted by Gasteiger charge is 2.15. The van der Waals surface area contributed by atoms with E-state index in [0.717, 1.165) is 22.4 Å². The fourth-order valence-electron chi connectivity index (χ4n) is 3.64. The van der Waals surface area contributed by atoms with Crippen LogP contribution in [0.1, 0.15) is 17.0 Å². The van der Waals surface area contributed by atoms with Gasteiger partial charge in [0.2, 0.25) is 11.9 Å². The summed E-state index contributed by atoms with van der Waals surface area (Å²) in [5.74, 6) is 0.417. The van der Waals surface area contributed by atoms with E-state index in [0.29, 0.717) is 12.2 Å². The number of nitrogens with zero attached hydrogens (tertiary/aromatic N) is 7. The topological polar surface area (TPSA) is 131 Å². The summed E-state index contributed by atoms with van der Waals surface area (Å²) < 4.78 is 1.84. The zero-order chi connectivity index (χ0) is 24.7. The molecule has 3 aromatic heterocycles. The fraction of sp³-hybridized carbons (Fsp3) is 0.0370. The Kier molecular flexibility index (Phi) is 6.40. The average Bonchev–Trinajstić information content (AvgIpc) is 3.30. The second-order valence-corrected chi connectivity index (χ2v) is 7.86. The summed E-state index contributed by atoms with van der Waals surface area (Å²) in [7, 11) is 0. The SMILES string of the molecule is N#C/C(=C\c1cn(Cc2ccccc2)nc1-c1cccnc1)c1nc(N)nc(Nc2ccccc2)n1. The van der Waals surface area contributed by atoms with Gasteiger partial charge in [-0.15, -0.1) is 0 Å². The summed E-state index contributed by atoms with van der Waals surface area (Å²) in [6.07, 6.45) is 7.04. The Balaban J connectivity index is 1.54. The summed E-state index contributed by atoms with van der Waals surface area (Å²) >= 11 is 0. The minimum absolute atomic E-state index is 0.00633. The molecular weight excluding hydrogens is 450 g/mol. The van der Waals surface area contributed by atoms with Crippen molar-refractivity contribution >= 4 is 29.2 Å². The van der Waals surface area contributed by atoms with E-state index in [4.69, 9.17) is 10.8 Å². The second-order valence-electron chi connectivity index (χ2n) is 7.86. The molecule has 9 heteroatoms. The molecule has 0 aliphatic heterocycles. The number of rotatable bonds is 7. The number of para-hydroxylation sites is 1. The highest BCUT2D eigenvalue weighted by atomic mass is 15.3.